The van der Waals surface area contributed by atoms with Gasteiger partial charge in [0.1, 0.15) is 5.82 Å². The molecule has 1 atom stereocenters. The number of rotatable bonds is 8. The molecule has 0 saturated carbocycles. The molecule has 8 heteroatoms. The molecule has 0 radical (unpaired) electrons. The van der Waals surface area contributed by atoms with Gasteiger partial charge in [-0.3, -0.25) is 4.79 Å². The summed E-state index contributed by atoms with van der Waals surface area (Å²) in [5.74, 6) is -0.940. The number of carbonyl (C=O) groups excluding carboxylic acids is 1. The van der Waals surface area contributed by atoms with Crippen molar-refractivity contribution in [2.24, 2.45) is 5.92 Å². The highest BCUT2D eigenvalue weighted by Gasteiger charge is 2.35. The maximum atomic E-state index is 15.5. The molecule has 1 unspecified atom stereocenters. The predicted molar refractivity (Wildman–Crippen MR) is 114 cm³/mol. The third-order valence-corrected chi connectivity index (χ3v) is 5.60. The number of aromatic amines is 1. The van der Waals surface area contributed by atoms with E-state index in [2.05, 4.69) is 9.72 Å². The smallest absolute Gasteiger partial charge is 0.346 e. The van der Waals surface area contributed by atoms with Crippen LogP contribution in [0.5, 0.6) is 11.5 Å². The van der Waals surface area contributed by atoms with Gasteiger partial charge >= 0.3 is 5.97 Å². The molecule has 2 aromatic rings. The number of hydrogen-bond donors (Lipinski definition) is 1. The number of ether oxygens (including phenoxy) is 4. The molecule has 1 heterocycles. The Morgan fingerprint density at radius 3 is 2.55 bits per heavy atom. The predicted octanol–water partition coefficient (Wildman–Crippen LogP) is 3.69. The van der Waals surface area contributed by atoms with Crippen LogP contribution < -0.4 is 15.0 Å². The SMILES string of the molecule is COCCCOc1cc2c(cc1OC)-c1[nH]c(=O)c(C(=O)OC)c(F)c1C(C(C)C)C2. The van der Waals surface area contributed by atoms with Crippen LogP contribution in [0, 0.1) is 11.7 Å². The lowest BCUT2D eigenvalue weighted by molar-refractivity contribution is 0.0592. The molecule has 0 spiro atoms. The number of halogens is 1. The first-order valence-corrected chi connectivity index (χ1v) is 10.2. The second-order valence-corrected chi connectivity index (χ2v) is 7.83. The summed E-state index contributed by atoms with van der Waals surface area (Å²) in [5.41, 5.74) is 0.824. The highest BCUT2D eigenvalue weighted by molar-refractivity contribution is 5.90. The van der Waals surface area contributed by atoms with Crippen LogP contribution in [0.25, 0.3) is 11.3 Å². The second kappa shape index (κ2) is 9.51. The van der Waals surface area contributed by atoms with Crippen molar-refractivity contribution in [3.63, 3.8) is 0 Å². The summed E-state index contributed by atoms with van der Waals surface area (Å²) < 4.78 is 36.5. The van der Waals surface area contributed by atoms with Crippen LogP contribution in [0.15, 0.2) is 16.9 Å². The molecule has 0 bridgehead atoms. The van der Waals surface area contributed by atoms with E-state index >= 15 is 4.39 Å². The van der Waals surface area contributed by atoms with Crippen molar-refractivity contribution in [2.45, 2.75) is 32.6 Å². The van der Waals surface area contributed by atoms with Crippen LogP contribution in [0.3, 0.4) is 0 Å². The second-order valence-electron chi connectivity index (χ2n) is 7.83. The molecule has 168 valence electrons. The van der Waals surface area contributed by atoms with Gasteiger partial charge in [0.15, 0.2) is 17.1 Å². The molecule has 0 amide bonds. The van der Waals surface area contributed by atoms with Gasteiger partial charge in [-0.2, -0.15) is 0 Å². The summed E-state index contributed by atoms with van der Waals surface area (Å²) >= 11 is 0. The molecule has 1 aliphatic rings. The number of carbonyl (C=O) groups is 1. The third kappa shape index (κ3) is 4.30. The van der Waals surface area contributed by atoms with E-state index in [-0.39, 0.29) is 11.8 Å². The van der Waals surface area contributed by atoms with Gasteiger partial charge in [-0.1, -0.05) is 13.8 Å². The summed E-state index contributed by atoms with van der Waals surface area (Å²) in [6.45, 7) is 5.00. The molecule has 1 aromatic carbocycles. The van der Waals surface area contributed by atoms with Crippen molar-refractivity contribution in [1.29, 1.82) is 0 Å². The van der Waals surface area contributed by atoms with E-state index in [0.29, 0.717) is 48.0 Å². The van der Waals surface area contributed by atoms with E-state index in [0.717, 1.165) is 19.1 Å². The normalized spacial score (nSPS) is 14.7. The summed E-state index contributed by atoms with van der Waals surface area (Å²) in [6, 6.07) is 3.62. The van der Waals surface area contributed by atoms with Crippen LogP contribution in [-0.4, -0.2) is 45.5 Å². The van der Waals surface area contributed by atoms with Crippen LogP contribution in [0.4, 0.5) is 4.39 Å². The zero-order valence-electron chi connectivity index (χ0n) is 18.5. The Labute approximate surface area is 180 Å². The van der Waals surface area contributed by atoms with E-state index in [4.69, 9.17) is 14.2 Å². The number of methoxy groups -OCH3 is 3. The first-order chi connectivity index (χ1) is 14.8. The lowest BCUT2D eigenvalue weighted by Gasteiger charge is -2.31. The maximum Gasteiger partial charge on any atom is 0.346 e. The lowest BCUT2D eigenvalue weighted by Crippen LogP contribution is -2.28. The number of benzene rings is 1. The number of hydrogen-bond acceptors (Lipinski definition) is 6. The average molecular weight is 433 g/mol. The molecule has 31 heavy (non-hydrogen) atoms. The maximum absolute atomic E-state index is 15.5. The van der Waals surface area contributed by atoms with Crippen molar-refractivity contribution in [3.8, 4) is 22.8 Å². The number of esters is 1. The van der Waals surface area contributed by atoms with Crippen molar-refractivity contribution >= 4 is 5.97 Å². The molecule has 1 N–H and O–H groups in total. The first-order valence-electron chi connectivity index (χ1n) is 10.2. The third-order valence-electron chi connectivity index (χ3n) is 5.60. The van der Waals surface area contributed by atoms with Crippen molar-refractivity contribution in [1.82, 2.24) is 4.98 Å². The van der Waals surface area contributed by atoms with E-state index < -0.39 is 22.9 Å². The number of aromatic nitrogens is 1. The Morgan fingerprint density at radius 1 is 1.19 bits per heavy atom. The van der Waals surface area contributed by atoms with Gasteiger partial charge < -0.3 is 23.9 Å². The summed E-state index contributed by atoms with van der Waals surface area (Å²) in [5, 5.41) is 0. The van der Waals surface area contributed by atoms with Crippen molar-refractivity contribution < 1.29 is 28.1 Å². The van der Waals surface area contributed by atoms with Gasteiger partial charge in [0.05, 0.1) is 26.5 Å². The Balaban J connectivity index is 2.17. The molecule has 0 aliphatic heterocycles. The Morgan fingerprint density at radius 2 is 1.94 bits per heavy atom. The Kier molecular flexibility index (Phi) is 7.00. The number of fused-ring (bicyclic) bond motifs is 3. The topological polar surface area (TPSA) is 86.9 Å². The van der Waals surface area contributed by atoms with Crippen LogP contribution in [-0.2, 0) is 15.9 Å². The van der Waals surface area contributed by atoms with Gasteiger partial charge in [-0.15, -0.1) is 0 Å². The molecule has 0 fully saturated rings. The molecular formula is C23H28FNO6. The minimum absolute atomic E-state index is 0.0611. The summed E-state index contributed by atoms with van der Waals surface area (Å²) in [6.07, 6.45) is 1.25. The molecule has 7 nitrogen and oxygen atoms in total. The summed E-state index contributed by atoms with van der Waals surface area (Å²) in [4.78, 5) is 27.3. The monoisotopic (exact) mass is 433 g/mol. The van der Waals surface area contributed by atoms with Crippen LogP contribution in [0.2, 0.25) is 0 Å². The Bertz CT molecular complexity index is 1030. The van der Waals surface area contributed by atoms with Gasteiger partial charge in [0.25, 0.3) is 5.56 Å². The first kappa shape index (κ1) is 22.8. The number of H-pyrrole nitrogens is 1. The van der Waals surface area contributed by atoms with E-state index in [1.54, 1.807) is 13.2 Å². The fraction of sp³-hybridized carbons (Fsp3) is 0.478. The Hall–Kier alpha value is -2.87. The van der Waals surface area contributed by atoms with E-state index in [1.165, 1.54) is 7.11 Å². The van der Waals surface area contributed by atoms with Crippen molar-refractivity contribution in [2.75, 3.05) is 34.5 Å². The molecular weight excluding hydrogens is 405 g/mol. The van der Waals surface area contributed by atoms with Gasteiger partial charge in [0.2, 0.25) is 0 Å². The largest absolute Gasteiger partial charge is 0.493 e. The van der Waals surface area contributed by atoms with Crippen LogP contribution in [0.1, 0.15) is 47.7 Å². The molecule has 1 aromatic heterocycles. The standard InChI is InChI=1S/C23H28FNO6/c1-12(2)14-9-13-10-17(31-8-6-7-28-3)16(29-4)11-15(13)21-18(14)20(24)19(22(26)25-21)23(27)30-5/h10-12,14H,6-9H2,1-5H3,(H,25,26). The van der Waals surface area contributed by atoms with Gasteiger partial charge in [-0.25, -0.2) is 9.18 Å². The molecule has 0 saturated heterocycles. The van der Waals surface area contributed by atoms with Gasteiger partial charge in [0, 0.05) is 31.3 Å². The number of nitrogens with one attached hydrogen (secondary N) is 1. The van der Waals surface area contributed by atoms with E-state index in [1.807, 2.05) is 19.9 Å². The van der Waals surface area contributed by atoms with Crippen LogP contribution >= 0.6 is 0 Å². The van der Waals surface area contributed by atoms with E-state index in [9.17, 15) is 9.59 Å². The zero-order chi connectivity index (χ0) is 22.7. The zero-order valence-corrected chi connectivity index (χ0v) is 18.5. The number of pyridine rings is 1. The van der Waals surface area contributed by atoms with Crippen molar-refractivity contribution in [3.05, 3.63) is 45.0 Å². The minimum atomic E-state index is -0.993. The highest BCUT2D eigenvalue weighted by atomic mass is 19.1. The quantitative estimate of drug-likeness (QED) is 0.505. The fourth-order valence-electron chi connectivity index (χ4n) is 4.00. The molecule has 1 aliphatic carbocycles. The lowest BCUT2D eigenvalue weighted by atomic mass is 9.75. The highest BCUT2D eigenvalue weighted by Crippen LogP contribution is 2.46. The van der Waals surface area contributed by atoms with Gasteiger partial charge in [-0.05, 0) is 36.0 Å². The summed E-state index contributed by atoms with van der Waals surface area (Å²) in [7, 11) is 4.28. The minimum Gasteiger partial charge on any atom is -0.493 e. The fourth-order valence-corrected chi connectivity index (χ4v) is 4.00. The average Bonchev–Trinajstić information content (AvgIpc) is 2.75. The molecule has 3 rings (SSSR count).